The molecule has 0 saturated heterocycles. The molecule has 1 amide bonds. The van der Waals surface area contributed by atoms with E-state index in [4.69, 9.17) is 0 Å². The number of carbonyl (C=O) groups is 1. The lowest BCUT2D eigenvalue weighted by molar-refractivity contribution is -0.113. The average Bonchev–Trinajstić information content (AvgIpc) is 1.61. The first kappa shape index (κ1) is 11.9. The van der Waals surface area contributed by atoms with Crippen molar-refractivity contribution in [1.82, 2.24) is 0 Å². The molecule has 0 aliphatic heterocycles. The second kappa shape index (κ2) is 5.03. The molecular formula is C8H17NO. The maximum Gasteiger partial charge on any atom is 0.240 e. The molecule has 0 unspecified atom stereocenters. The number of amides is 1. The van der Waals surface area contributed by atoms with Gasteiger partial charge in [-0.3, -0.25) is 4.79 Å². The summed E-state index contributed by atoms with van der Waals surface area (Å²) in [4.78, 5) is 9.47. The van der Waals surface area contributed by atoms with Gasteiger partial charge in [0.2, 0.25) is 5.91 Å². The van der Waals surface area contributed by atoms with Gasteiger partial charge in [0.1, 0.15) is 0 Å². The van der Waals surface area contributed by atoms with Crippen LogP contribution in [0.2, 0.25) is 0 Å². The highest BCUT2D eigenvalue weighted by molar-refractivity contribution is 5.84. The van der Waals surface area contributed by atoms with Crippen LogP contribution in [0.3, 0.4) is 0 Å². The second-order valence-corrected chi connectivity index (χ2v) is 3.61. The minimum Gasteiger partial charge on any atom is -0.366 e. The van der Waals surface area contributed by atoms with Crippen LogP contribution in [0.4, 0.5) is 0 Å². The molecule has 2 N–H and O–H groups in total. The molecule has 0 rings (SSSR count). The zero-order valence-electron chi connectivity index (χ0n) is 7.27. The Labute approximate surface area is 63.1 Å². The van der Waals surface area contributed by atoms with Crippen LogP contribution < -0.4 is 5.73 Å². The maximum absolute atomic E-state index is 9.47. The Morgan fingerprint density at radius 2 is 1.50 bits per heavy atom. The van der Waals surface area contributed by atoms with Crippen molar-refractivity contribution in [3.05, 3.63) is 12.7 Å². The van der Waals surface area contributed by atoms with Gasteiger partial charge in [-0.15, -0.1) is 0 Å². The Morgan fingerprint density at radius 1 is 1.40 bits per heavy atom. The van der Waals surface area contributed by atoms with Gasteiger partial charge < -0.3 is 5.73 Å². The fraction of sp³-hybridized carbons (Fsp3) is 0.625. The third kappa shape index (κ3) is 190. The quantitative estimate of drug-likeness (QED) is 0.558. The molecule has 0 aromatic carbocycles. The lowest BCUT2D eigenvalue weighted by Gasteiger charge is -2.05. The SMILES string of the molecule is C=CC(N)=O.CC(C)(C)C. The number of hydrogen-bond donors (Lipinski definition) is 1. The van der Waals surface area contributed by atoms with E-state index < -0.39 is 5.91 Å². The van der Waals surface area contributed by atoms with Crippen molar-refractivity contribution < 1.29 is 4.79 Å². The highest BCUT2D eigenvalue weighted by atomic mass is 16.1. The van der Waals surface area contributed by atoms with Crippen molar-refractivity contribution in [3.63, 3.8) is 0 Å². The zero-order valence-corrected chi connectivity index (χ0v) is 7.27. The van der Waals surface area contributed by atoms with E-state index >= 15 is 0 Å². The number of hydrogen-bond acceptors (Lipinski definition) is 1. The molecule has 0 atom stereocenters. The molecule has 0 bridgehead atoms. The molecule has 0 aliphatic carbocycles. The average molecular weight is 143 g/mol. The molecule has 0 heterocycles. The van der Waals surface area contributed by atoms with Gasteiger partial charge in [-0.25, -0.2) is 0 Å². The van der Waals surface area contributed by atoms with Crippen LogP contribution in [0, 0.1) is 5.41 Å². The summed E-state index contributed by atoms with van der Waals surface area (Å²) in [6.07, 6.45) is 1.06. The van der Waals surface area contributed by atoms with Crippen LogP contribution in [0.5, 0.6) is 0 Å². The first-order valence-electron chi connectivity index (χ1n) is 3.19. The van der Waals surface area contributed by atoms with E-state index in [0.717, 1.165) is 6.08 Å². The van der Waals surface area contributed by atoms with E-state index in [2.05, 4.69) is 40.0 Å². The van der Waals surface area contributed by atoms with Crippen LogP contribution in [-0.4, -0.2) is 5.91 Å². The minimum absolute atomic E-state index is 0.481. The van der Waals surface area contributed by atoms with Crippen molar-refractivity contribution in [2.45, 2.75) is 27.7 Å². The fourth-order valence-electron chi connectivity index (χ4n) is 0. The molecule has 0 saturated carbocycles. The second-order valence-electron chi connectivity index (χ2n) is 3.61. The monoisotopic (exact) mass is 143 g/mol. The Kier molecular flexibility index (Phi) is 6.01. The van der Waals surface area contributed by atoms with Crippen LogP contribution in [0.25, 0.3) is 0 Å². The van der Waals surface area contributed by atoms with E-state index in [-0.39, 0.29) is 0 Å². The maximum atomic E-state index is 9.47. The van der Waals surface area contributed by atoms with Gasteiger partial charge in [-0.2, -0.15) is 0 Å². The first-order chi connectivity index (χ1) is 4.27. The topological polar surface area (TPSA) is 43.1 Å². The number of rotatable bonds is 1. The van der Waals surface area contributed by atoms with Crippen molar-refractivity contribution in [3.8, 4) is 0 Å². The summed E-state index contributed by atoms with van der Waals surface area (Å²) in [5.41, 5.74) is 5.03. The summed E-state index contributed by atoms with van der Waals surface area (Å²) >= 11 is 0. The predicted octanol–water partition coefficient (Wildman–Crippen LogP) is 1.71. The van der Waals surface area contributed by atoms with Gasteiger partial charge in [0.05, 0.1) is 0 Å². The predicted molar refractivity (Wildman–Crippen MR) is 44.5 cm³/mol. The van der Waals surface area contributed by atoms with E-state index in [1.54, 1.807) is 0 Å². The highest BCUT2D eigenvalue weighted by Crippen LogP contribution is 2.07. The third-order valence-corrected chi connectivity index (χ3v) is 0.201. The van der Waals surface area contributed by atoms with Crippen LogP contribution >= 0.6 is 0 Å². The molecule has 10 heavy (non-hydrogen) atoms. The molecule has 0 spiro atoms. The summed E-state index contributed by atoms with van der Waals surface area (Å²) in [7, 11) is 0. The highest BCUT2D eigenvalue weighted by Gasteiger charge is 1.95. The van der Waals surface area contributed by atoms with Gasteiger partial charge in [0.25, 0.3) is 0 Å². The standard InChI is InChI=1S/C5H12.C3H5NO/c1-5(2,3)4;1-2-3(4)5/h1-4H3;2H,1H2,(H2,4,5). The van der Waals surface area contributed by atoms with E-state index in [1.165, 1.54) is 0 Å². The molecule has 0 aromatic rings. The fourth-order valence-corrected chi connectivity index (χ4v) is 0. The van der Waals surface area contributed by atoms with Gasteiger partial charge in [0.15, 0.2) is 0 Å². The van der Waals surface area contributed by atoms with Gasteiger partial charge >= 0.3 is 0 Å². The molecule has 60 valence electrons. The third-order valence-electron chi connectivity index (χ3n) is 0.201. The van der Waals surface area contributed by atoms with Gasteiger partial charge in [0, 0.05) is 0 Å². The molecule has 0 aliphatic rings. The zero-order chi connectivity index (χ0) is 8.78. The van der Waals surface area contributed by atoms with Crippen LogP contribution in [0.15, 0.2) is 12.7 Å². The van der Waals surface area contributed by atoms with Crippen molar-refractivity contribution >= 4 is 5.91 Å². The number of carbonyl (C=O) groups excluding carboxylic acids is 1. The Hall–Kier alpha value is -0.790. The summed E-state index contributed by atoms with van der Waals surface area (Å²) < 4.78 is 0. The Morgan fingerprint density at radius 3 is 1.50 bits per heavy atom. The minimum atomic E-state index is -0.481. The number of primary amides is 1. The Balaban J connectivity index is 0. The van der Waals surface area contributed by atoms with Crippen molar-refractivity contribution in [2.24, 2.45) is 11.1 Å². The molecule has 0 radical (unpaired) electrons. The summed E-state index contributed by atoms with van der Waals surface area (Å²) in [6.45, 7) is 11.8. The van der Waals surface area contributed by atoms with E-state index in [1.807, 2.05) is 0 Å². The first-order valence-corrected chi connectivity index (χ1v) is 3.19. The van der Waals surface area contributed by atoms with Crippen molar-refractivity contribution in [1.29, 1.82) is 0 Å². The lowest BCUT2D eigenvalue weighted by Crippen LogP contribution is -2.04. The molecule has 0 fully saturated rings. The smallest absolute Gasteiger partial charge is 0.240 e. The van der Waals surface area contributed by atoms with Gasteiger partial charge in [-0.05, 0) is 11.5 Å². The molecular weight excluding hydrogens is 126 g/mol. The summed E-state index contributed by atoms with van der Waals surface area (Å²) in [6, 6.07) is 0. The molecule has 2 heteroatoms. The largest absolute Gasteiger partial charge is 0.366 e. The van der Waals surface area contributed by atoms with E-state index in [0.29, 0.717) is 5.41 Å². The normalized spacial score (nSPS) is 9.20. The summed E-state index contributed by atoms with van der Waals surface area (Å²) in [5, 5.41) is 0. The summed E-state index contributed by atoms with van der Waals surface area (Å²) in [5.74, 6) is -0.481. The molecule has 2 nitrogen and oxygen atoms in total. The Bertz CT molecular complexity index is 105. The van der Waals surface area contributed by atoms with Crippen LogP contribution in [-0.2, 0) is 4.79 Å². The lowest BCUT2D eigenvalue weighted by atomic mass is 10.0. The number of nitrogens with two attached hydrogens (primary N) is 1. The van der Waals surface area contributed by atoms with Crippen molar-refractivity contribution in [2.75, 3.05) is 0 Å². The van der Waals surface area contributed by atoms with E-state index in [9.17, 15) is 4.79 Å². The molecule has 0 aromatic heterocycles. The van der Waals surface area contributed by atoms with Gasteiger partial charge in [-0.1, -0.05) is 34.3 Å². The van der Waals surface area contributed by atoms with Crippen LogP contribution in [0.1, 0.15) is 27.7 Å².